The van der Waals surface area contributed by atoms with Crippen molar-refractivity contribution >= 4 is 22.2 Å². The van der Waals surface area contributed by atoms with Gasteiger partial charge >= 0.3 is 0 Å². The molecule has 0 aliphatic heterocycles. The van der Waals surface area contributed by atoms with Crippen LogP contribution in [-0.2, 0) is 18.3 Å². The molecule has 1 unspecified atom stereocenters. The standard InChI is InChI=1S/C17H17N3OS/c18-9-8-17(11-4-2-1-3-5-11)7-6-12-13(10-17)22-16(20)14(12)15(19)21/h1-5H,6-8,10,20H2,(H2,19,21). The Morgan fingerprint density at radius 3 is 2.73 bits per heavy atom. The third kappa shape index (κ3) is 2.26. The number of rotatable bonds is 3. The minimum absolute atomic E-state index is 0.199. The second-order valence-electron chi connectivity index (χ2n) is 5.77. The number of hydrogen-bond acceptors (Lipinski definition) is 4. The quantitative estimate of drug-likeness (QED) is 0.912. The number of amides is 1. The Labute approximate surface area is 133 Å². The Balaban J connectivity index is 2.06. The molecule has 0 saturated carbocycles. The van der Waals surface area contributed by atoms with Crippen molar-refractivity contribution in [2.45, 2.75) is 31.1 Å². The first-order chi connectivity index (χ1) is 10.6. The average Bonchev–Trinajstić information content (AvgIpc) is 2.83. The number of nitrogens with two attached hydrogens (primary N) is 2. The minimum Gasteiger partial charge on any atom is -0.390 e. The summed E-state index contributed by atoms with van der Waals surface area (Å²) in [5, 5.41) is 9.79. The number of nitriles is 1. The van der Waals surface area contributed by atoms with Gasteiger partial charge in [0.2, 0.25) is 0 Å². The first-order valence-corrected chi connectivity index (χ1v) is 8.01. The van der Waals surface area contributed by atoms with Crippen LogP contribution in [0.3, 0.4) is 0 Å². The number of fused-ring (bicyclic) bond motifs is 1. The van der Waals surface area contributed by atoms with Crippen molar-refractivity contribution < 1.29 is 4.79 Å². The van der Waals surface area contributed by atoms with E-state index >= 15 is 0 Å². The predicted molar refractivity (Wildman–Crippen MR) is 87.6 cm³/mol. The molecule has 4 N–H and O–H groups in total. The molecule has 1 aromatic heterocycles. The molecule has 1 amide bonds. The Bertz CT molecular complexity index is 760. The molecule has 0 saturated heterocycles. The van der Waals surface area contributed by atoms with E-state index in [1.165, 1.54) is 16.9 Å². The number of thiophene rings is 1. The van der Waals surface area contributed by atoms with Crippen LogP contribution in [0.5, 0.6) is 0 Å². The van der Waals surface area contributed by atoms with E-state index in [0.717, 1.165) is 29.7 Å². The number of carbonyl (C=O) groups is 1. The van der Waals surface area contributed by atoms with Gasteiger partial charge < -0.3 is 11.5 Å². The average molecular weight is 311 g/mol. The number of carbonyl (C=O) groups excluding carboxylic acids is 1. The Kier molecular flexibility index (Phi) is 3.63. The van der Waals surface area contributed by atoms with Crippen LogP contribution in [0.15, 0.2) is 30.3 Å². The normalized spacial score (nSPS) is 20.1. The van der Waals surface area contributed by atoms with Crippen molar-refractivity contribution in [3.8, 4) is 6.07 Å². The molecule has 1 atom stereocenters. The highest BCUT2D eigenvalue weighted by Crippen LogP contribution is 2.46. The van der Waals surface area contributed by atoms with Crippen molar-refractivity contribution in [3.05, 3.63) is 51.9 Å². The summed E-state index contributed by atoms with van der Waals surface area (Å²) in [6.45, 7) is 0. The topological polar surface area (TPSA) is 92.9 Å². The molecule has 1 aliphatic rings. The van der Waals surface area contributed by atoms with E-state index in [-0.39, 0.29) is 5.41 Å². The second-order valence-corrected chi connectivity index (χ2v) is 6.90. The van der Waals surface area contributed by atoms with Gasteiger partial charge in [-0.3, -0.25) is 4.79 Å². The first kappa shape index (κ1) is 14.6. The van der Waals surface area contributed by atoms with Crippen molar-refractivity contribution in [3.63, 3.8) is 0 Å². The fourth-order valence-electron chi connectivity index (χ4n) is 3.41. The van der Waals surface area contributed by atoms with Crippen molar-refractivity contribution in [2.24, 2.45) is 5.73 Å². The van der Waals surface area contributed by atoms with Crippen molar-refractivity contribution in [1.82, 2.24) is 0 Å². The molecule has 0 bridgehead atoms. The van der Waals surface area contributed by atoms with Crippen molar-refractivity contribution in [2.75, 3.05) is 5.73 Å². The summed E-state index contributed by atoms with van der Waals surface area (Å²) in [6.07, 6.45) is 2.76. The van der Waals surface area contributed by atoms with Gasteiger partial charge in [-0.2, -0.15) is 5.26 Å². The summed E-state index contributed by atoms with van der Waals surface area (Å²) >= 11 is 1.44. The lowest BCUT2D eigenvalue weighted by molar-refractivity contribution is 0.1000. The molecule has 0 radical (unpaired) electrons. The van der Waals surface area contributed by atoms with Crippen LogP contribution >= 0.6 is 11.3 Å². The van der Waals surface area contributed by atoms with Gasteiger partial charge in [-0.05, 0) is 30.4 Å². The first-order valence-electron chi connectivity index (χ1n) is 7.20. The van der Waals surface area contributed by atoms with Gasteiger partial charge in [0.05, 0.1) is 16.6 Å². The smallest absolute Gasteiger partial charge is 0.251 e. The predicted octanol–water partition coefficient (Wildman–Crippen LogP) is 2.77. The van der Waals surface area contributed by atoms with Crippen LogP contribution in [0.1, 0.15) is 39.2 Å². The number of nitrogen functional groups attached to an aromatic ring is 1. The van der Waals surface area contributed by atoms with Crippen LogP contribution in [-0.4, -0.2) is 5.91 Å². The summed E-state index contributed by atoms with van der Waals surface area (Å²) in [7, 11) is 0. The molecule has 1 aliphatic carbocycles. The monoisotopic (exact) mass is 311 g/mol. The van der Waals surface area contributed by atoms with Crippen LogP contribution in [0.4, 0.5) is 5.00 Å². The maximum absolute atomic E-state index is 11.6. The van der Waals surface area contributed by atoms with E-state index in [4.69, 9.17) is 11.5 Å². The van der Waals surface area contributed by atoms with Crippen LogP contribution in [0.2, 0.25) is 0 Å². The SMILES string of the molecule is N#CCC1(c2ccccc2)CCc2c(sc(N)c2C(N)=O)C1. The minimum atomic E-state index is -0.456. The van der Waals surface area contributed by atoms with E-state index < -0.39 is 5.91 Å². The maximum Gasteiger partial charge on any atom is 0.251 e. The molecule has 2 aromatic rings. The van der Waals surface area contributed by atoms with Crippen LogP contribution in [0, 0.1) is 11.3 Å². The number of nitrogens with zero attached hydrogens (tertiary/aromatic N) is 1. The highest BCUT2D eigenvalue weighted by molar-refractivity contribution is 7.16. The molecule has 1 heterocycles. The van der Waals surface area contributed by atoms with E-state index in [1.54, 1.807) is 0 Å². The number of anilines is 1. The third-order valence-electron chi connectivity index (χ3n) is 4.52. The summed E-state index contributed by atoms with van der Waals surface area (Å²) in [6, 6.07) is 12.5. The third-order valence-corrected chi connectivity index (χ3v) is 5.58. The summed E-state index contributed by atoms with van der Waals surface area (Å²) in [5.41, 5.74) is 13.9. The number of benzene rings is 1. The van der Waals surface area contributed by atoms with Gasteiger partial charge in [-0.15, -0.1) is 11.3 Å². The molecule has 22 heavy (non-hydrogen) atoms. The van der Waals surface area contributed by atoms with Gasteiger partial charge in [0.15, 0.2) is 0 Å². The van der Waals surface area contributed by atoms with Gasteiger partial charge in [0.1, 0.15) is 0 Å². The Morgan fingerprint density at radius 1 is 1.36 bits per heavy atom. The highest BCUT2D eigenvalue weighted by Gasteiger charge is 2.38. The highest BCUT2D eigenvalue weighted by atomic mass is 32.1. The second kappa shape index (κ2) is 5.47. The Morgan fingerprint density at radius 2 is 2.09 bits per heavy atom. The fourth-order valence-corrected chi connectivity index (χ4v) is 4.68. The zero-order valence-corrected chi connectivity index (χ0v) is 13.0. The van der Waals surface area contributed by atoms with Gasteiger partial charge in [-0.25, -0.2) is 0 Å². The van der Waals surface area contributed by atoms with Crippen molar-refractivity contribution in [1.29, 1.82) is 5.26 Å². The largest absolute Gasteiger partial charge is 0.390 e. The molecule has 112 valence electrons. The number of hydrogen-bond donors (Lipinski definition) is 2. The molecule has 0 fully saturated rings. The van der Waals surface area contributed by atoms with Crippen LogP contribution in [0.25, 0.3) is 0 Å². The molecule has 0 spiro atoms. The lowest BCUT2D eigenvalue weighted by atomic mass is 9.67. The number of primary amides is 1. The van der Waals surface area contributed by atoms with Gasteiger partial charge in [-0.1, -0.05) is 30.3 Å². The molecule has 3 rings (SSSR count). The molecular formula is C17H17N3OS. The van der Waals surface area contributed by atoms with E-state index in [2.05, 4.69) is 18.2 Å². The molecule has 1 aromatic carbocycles. The van der Waals surface area contributed by atoms with Gasteiger partial charge in [0.25, 0.3) is 5.91 Å². The zero-order valence-electron chi connectivity index (χ0n) is 12.1. The maximum atomic E-state index is 11.6. The molecule has 5 heteroatoms. The summed E-state index contributed by atoms with van der Waals surface area (Å²) < 4.78 is 0. The Hall–Kier alpha value is -2.32. The molecule has 4 nitrogen and oxygen atoms in total. The van der Waals surface area contributed by atoms with Crippen LogP contribution < -0.4 is 11.5 Å². The lowest BCUT2D eigenvalue weighted by Crippen LogP contribution is -2.33. The fraction of sp³-hybridized carbons (Fsp3) is 0.294. The summed E-state index contributed by atoms with van der Waals surface area (Å²) in [5.74, 6) is -0.456. The summed E-state index contributed by atoms with van der Waals surface area (Å²) in [4.78, 5) is 12.7. The molecular weight excluding hydrogens is 294 g/mol. The lowest BCUT2D eigenvalue weighted by Gasteiger charge is -2.36. The van der Waals surface area contributed by atoms with E-state index in [0.29, 0.717) is 17.0 Å². The van der Waals surface area contributed by atoms with E-state index in [1.807, 2.05) is 18.2 Å². The van der Waals surface area contributed by atoms with Gasteiger partial charge in [0, 0.05) is 16.7 Å². The zero-order chi connectivity index (χ0) is 15.7. The van der Waals surface area contributed by atoms with E-state index in [9.17, 15) is 10.1 Å².